The van der Waals surface area contributed by atoms with E-state index in [1.807, 2.05) is 0 Å². The van der Waals surface area contributed by atoms with Crippen LogP contribution in [0.5, 0.6) is 0 Å². The molecule has 3 nitrogen and oxygen atoms in total. The zero-order chi connectivity index (χ0) is 14.3. The van der Waals surface area contributed by atoms with Crippen molar-refractivity contribution in [1.29, 1.82) is 0 Å². The van der Waals surface area contributed by atoms with Crippen molar-refractivity contribution in [2.24, 2.45) is 0 Å². The molecule has 4 rings (SSSR count). The van der Waals surface area contributed by atoms with Crippen molar-refractivity contribution in [3.05, 3.63) is 65.7 Å². The summed E-state index contributed by atoms with van der Waals surface area (Å²) in [6.45, 7) is 1.12. The van der Waals surface area contributed by atoms with Crippen LogP contribution >= 0.6 is 0 Å². The highest BCUT2D eigenvalue weighted by atomic mass is 16.3. The second-order valence-corrected chi connectivity index (χ2v) is 6.01. The van der Waals surface area contributed by atoms with Crippen LogP contribution in [0.2, 0.25) is 0 Å². The molecule has 0 unspecified atom stereocenters. The molecule has 2 aromatic rings. The zero-order valence-corrected chi connectivity index (χ0v) is 11.9. The molecule has 0 amide bonds. The van der Waals surface area contributed by atoms with E-state index in [9.17, 15) is 5.11 Å². The van der Waals surface area contributed by atoms with Gasteiger partial charge in [-0.25, -0.2) is 0 Å². The van der Waals surface area contributed by atoms with Crippen LogP contribution in [0, 0.1) is 0 Å². The Bertz CT molecular complexity index is 643. The first-order chi connectivity index (χ1) is 10.4. The lowest BCUT2D eigenvalue weighted by molar-refractivity contribution is 0.199. The number of nitrogens with one attached hydrogen (secondary N) is 2. The van der Waals surface area contributed by atoms with E-state index < -0.39 is 0 Å². The fourth-order valence-electron chi connectivity index (χ4n) is 4.19. The minimum Gasteiger partial charge on any atom is -0.395 e. The number of benzene rings is 2. The number of hydrogen-bond donors (Lipinski definition) is 3. The first kappa shape index (κ1) is 12.9. The van der Waals surface area contributed by atoms with Crippen LogP contribution in [0.4, 0.5) is 5.69 Å². The number of aliphatic hydroxyl groups is 1. The lowest BCUT2D eigenvalue weighted by atomic mass is 9.69. The van der Waals surface area contributed by atoms with Gasteiger partial charge in [0.15, 0.2) is 0 Å². The molecule has 2 aliphatic heterocycles. The molecule has 108 valence electrons. The number of hydrogen-bond acceptors (Lipinski definition) is 3. The van der Waals surface area contributed by atoms with Gasteiger partial charge >= 0.3 is 0 Å². The molecule has 1 fully saturated rings. The zero-order valence-electron chi connectivity index (χ0n) is 11.9. The fraction of sp³-hybridized carbons (Fsp3) is 0.333. The van der Waals surface area contributed by atoms with E-state index >= 15 is 0 Å². The van der Waals surface area contributed by atoms with Gasteiger partial charge in [-0.1, -0.05) is 48.5 Å². The summed E-state index contributed by atoms with van der Waals surface area (Å²) >= 11 is 0. The summed E-state index contributed by atoms with van der Waals surface area (Å²) in [5.74, 6) is 0. The maximum atomic E-state index is 9.89. The van der Waals surface area contributed by atoms with Crippen LogP contribution in [-0.4, -0.2) is 24.3 Å². The van der Waals surface area contributed by atoms with E-state index in [2.05, 4.69) is 65.2 Å². The van der Waals surface area contributed by atoms with Crippen molar-refractivity contribution in [1.82, 2.24) is 5.32 Å². The van der Waals surface area contributed by atoms with E-state index in [0.717, 1.165) is 13.0 Å². The lowest BCUT2D eigenvalue weighted by Gasteiger charge is -2.36. The summed E-state index contributed by atoms with van der Waals surface area (Å²) in [6, 6.07) is 19.4. The van der Waals surface area contributed by atoms with Crippen LogP contribution in [-0.2, 0) is 5.41 Å². The monoisotopic (exact) mass is 280 g/mol. The summed E-state index contributed by atoms with van der Waals surface area (Å²) in [7, 11) is 0. The summed E-state index contributed by atoms with van der Waals surface area (Å²) in [5, 5.41) is 17.1. The molecule has 2 aromatic carbocycles. The van der Waals surface area contributed by atoms with E-state index in [-0.39, 0.29) is 24.1 Å². The second kappa shape index (κ2) is 4.86. The van der Waals surface area contributed by atoms with Gasteiger partial charge in [0, 0.05) is 17.1 Å². The third-order valence-electron chi connectivity index (χ3n) is 5.11. The predicted molar refractivity (Wildman–Crippen MR) is 84.4 cm³/mol. The average Bonchev–Trinajstić information content (AvgIpc) is 3.12. The molecule has 3 N–H and O–H groups in total. The summed E-state index contributed by atoms with van der Waals surface area (Å²) in [6.07, 6.45) is 1.04. The van der Waals surface area contributed by atoms with Crippen LogP contribution < -0.4 is 10.6 Å². The average molecular weight is 280 g/mol. The fourth-order valence-corrected chi connectivity index (χ4v) is 4.19. The van der Waals surface area contributed by atoms with Gasteiger partial charge in [-0.2, -0.15) is 0 Å². The van der Waals surface area contributed by atoms with Crippen molar-refractivity contribution < 1.29 is 5.11 Å². The Morgan fingerprint density at radius 1 is 1.05 bits per heavy atom. The third-order valence-corrected chi connectivity index (χ3v) is 5.11. The number of aliphatic hydroxyl groups excluding tert-OH is 1. The Labute approximate surface area is 125 Å². The van der Waals surface area contributed by atoms with Gasteiger partial charge in [-0.3, -0.25) is 0 Å². The van der Waals surface area contributed by atoms with Crippen molar-refractivity contribution in [2.75, 3.05) is 18.5 Å². The molecule has 1 spiro atoms. The molecule has 0 aliphatic carbocycles. The topological polar surface area (TPSA) is 44.3 Å². The molecule has 3 heteroatoms. The number of para-hydroxylation sites is 1. The molecule has 0 aromatic heterocycles. The Hall–Kier alpha value is -1.84. The number of anilines is 1. The Morgan fingerprint density at radius 3 is 2.62 bits per heavy atom. The van der Waals surface area contributed by atoms with Gasteiger partial charge in [-0.05, 0) is 30.2 Å². The molecule has 21 heavy (non-hydrogen) atoms. The third kappa shape index (κ3) is 1.74. The first-order valence-electron chi connectivity index (χ1n) is 7.61. The standard InChI is InChI=1S/C18H20N2O/c21-12-16-18(10-11-19-16)14-8-4-5-9-15(14)20-17(18)13-6-2-1-3-7-13/h1-9,16-17,19-21H,10-12H2/t16-,17-,18-/m0/s1. The smallest absolute Gasteiger partial charge is 0.0627 e. The SMILES string of the molecule is OC[C@@H]1NCC[C@]12c1ccccc1N[C@H]2c1ccccc1. The highest BCUT2D eigenvalue weighted by molar-refractivity contribution is 5.65. The predicted octanol–water partition coefficient (Wildman–Crippen LogP) is 2.45. The molecule has 3 atom stereocenters. The van der Waals surface area contributed by atoms with Gasteiger partial charge < -0.3 is 15.7 Å². The number of fused-ring (bicyclic) bond motifs is 2. The van der Waals surface area contributed by atoms with Gasteiger partial charge in [0.1, 0.15) is 0 Å². The highest BCUT2D eigenvalue weighted by Gasteiger charge is 2.54. The van der Waals surface area contributed by atoms with Crippen LogP contribution in [0.1, 0.15) is 23.6 Å². The van der Waals surface area contributed by atoms with Crippen molar-refractivity contribution in [2.45, 2.75) is 23.9 Å². The van der Waals surface area contributed by atoms with E-state index in [0.29, 0.717) is 0 Å². The van der Waals surface area contributed by atoms with E-state index in [1.54, 1.807) is 0 Å². The molecule has 2 heterocycles. The molecule has 0 bridgehead atoms. The van der Waals surface area contributed by atoms with Crippen LogP contribution in [0.15, 0.2) is 54.6 Å². The maximum Gasteiger partial charge on any atom is 0.0627 e. The minimum absolute atomic E-state index is 0.0628. The van der Waals surface area contributed by atoms with Crippen LogP contribution in [0.3, 0.4) is 0 Å². The summed E-state index contributed by atoms with van der Waals surface area (Å²) in [4.78, 5) is 0. The highest BCUT2D eigenvalue weighted by Crippen LogP contribution is 2.54. The Kier molecular flexibility index (Phi) is 2.98. The Morgan fingerprint density at radius 2 is 1.81 bits per heavy atom. The first-order valence-corrected chi connectivity index (χ1v) is 7.61. The number of rotatable bonds is 2. The molecule has 1 saturated heterocycles. The van der Waals surface area contributed by atoms with Crippen molar-refractivity contribution in [3.8, 4) is 0 Å². The quantitative estimate of drug-likeness (QED) is 0.792. The van der Waals surface area contributed by atoms with Gasteiger partial charge in [-0.15, -0.1) is 0 Å². The maximum absolute atomic E-state index is 9.89. The van der Waals surface area contributed by atoms with Gasteiger partial charge in [0.25, 0.3) is 0 Å². The minimum atomic E-state index is -0.0628. The van der Waals surface area contributed by atoms with E-state index in [4.69, 9.17) is 0 Å². The van der Waals surface area contributed by atoms with Crippen molar-refractivity contribution >= 4 is 5.69 Å². The van der Waals surface area contributed by atoms with Crippen LogP contribution in [0.25, 0.3) is 0 Å². The molecule has 2 aliphatic rings. The second-order valence-electron chi connectivity index (χ2n) is 6.01. The molecular weight excluding hydrogens is 260 g/mol. The van der Waals surface area contributed by atoms with Crippen molar-refractivity contribution in [3.63, 3.8) is 0 Å². The Balaban J connectivity index is 1.89. The molecule has 0 radical (unpaired) electrons. The summed E-state index contributed by atoms with van der Waals surface area (Å²) < 4.78 is 0. The van der Waals surface area contributed by atoms with E-state index in [1.165, 1.54) is 16.8 Å². The van der Waals surface area contributed by atoms with Gasteiger partial charge in [0.2, 0.25) is 0 Å². The summed E-state index contributed by atoms with van der Waals surface area (Å²) in [5.41, 5.74) is 3.76. The normalized spacial score (nSPS) is 30.3. The van der Waals surface area contributed by atoms with Gasteiger partial charge in [0.05, 0.1) is 12.6 Å². The lowest BCUT2D eigenvalue weighted by Crippen LogP contribution is -2.46. The molecular formula is C18H20N2O. The largest absolute Gasteiger partial charge is 0.395 e. The molecule has 0 saturated carbocycles.